The SMILES string of the molecule is NC1=NCC(c2ncc(Br)cc2Br)N1c1ccccc1Br. The molecule has 0 fully saturated rings. The van der Waals surface area contributed by atoms with Crippen molar-refractivity contribution in [3.8, 4) is 0 Å². The summed E-state index contributed by atoms with van der Waals surface area (Å²) in [7, 11) is 0. The smallest absolute Gasteiger partial charge is 0.196 e. The Morgan fingerprint density at radius 3 is 2.62 bits per heavy atom. The minimum Gasteiger partial charge on any atom is -0.369 e. The molecule has 1 unspecified atom stereocenters. The Bertz CT molecular complexity index is 717. The van der Waals surface area contributed by atoms with E-state index in [1.54, 1.807) is 6.20 Å². The third-order valence-corrected chi connectivity index (χ3v) is 4.99. The highest BCUT2D eigenvalue weighted by atomic mass is 79.9. The summed E-state index contributed by atoms with van der Waals surface area (Å²) in [5.41, 5.74) is 7.99. The van der Waals surface area contributed by atoms with Gasteiger partial charge in [0.15, 0.2) is 5.96 Å². The number of aliphatic imine (C=N–C) groups is 1. The Labute approximate surface area is 147 Å². The predicted octanol–water partition coefficient (Wildman–Crippen LogP) is 4.25. The van der Waals surface area contributed by atoms with Crippen molar-refractivity contribution in [1.82, 2.24) is 4.98 Å². The van der Waals surface area contributed by atoms with Crippen LogP contribution in [-0.2, 0) is 0 Å². The Morgan fingerprint density at radius 1 is 1.14 bits per heavy atom. The van der Waals surface area contributed by atoms with Crippen LogP contribution in [0.15, 0.2) is 54.9 Å². The molecule has 1 aromatic carbocycles. The average molecular weight is 475 g/mol. The maximum absolute atomic E-state index is 6.09. The lowest BCUT2D eigenvalue weighted by Gasteiger charge is -2.27. The monoisotopic (exact) mass is 472 g/mol. The van der Waals surface area contributed by atoms with Crippen LogP contribution >= 0.6 is 47.8 Å². The number of rotatable bonds is 2. The number of hydrogen-bond acceptors (Lipinski definition) is 4. The molecule has 0 saturated carbocycles. The van der Waals surface area contributed by atoms with E-state index in [1.807, 2.05) is 35.2 Å². The van der Waals surface area contributed by atoms with Gasteiger partial charge in [-0.3, -0.25) is 9.98 Å². The van der Waals surface area contributed by atoms with Crippen LogP contribution in [0.25, 0.3) is 0 Å². The van der Waals surface area contributed by atoms with Crippen LogP contribution in [0.5, 0.6) is 0 Å². The molecule has 1 aromatic heterocycles. The van der Waals surface area contributed by atoms with Crippen LogP contribution in [0.4, 0.5) is 5.69 Å². The highest BCUT2D eigenvalue weighted by Gasteiger charge is 2.32. The molecule has 0 radical (unpaired) electrons. The maximum atomic E-state index is 6.09. The molecule has 21 heavy (non-hydrogen) atoms. The molecule has 2 aromatic rings. The lowest BCUT2D eigenvalue weighted by atomic mass is 10.1. The normalized spacial score (nSPS) is 18.0. The van der Waals surface area contributed by atoms with E-state index in [9.17, 15) is 0 Å². The molecule has 3 rings (SSSR count). The lowest BCUT2D eigenvalue weighted by molar-refractivity contribution is 0.733. The summed E-state index contributed by atoms with van der Waals surface area (Å²) in [6.45, 7) is 0.584. The second kappa shape index (κ2) is 6.06. The van der Waals surface area contributed by atoms with Gasteiger partial charge in [-0.2, -0.15) is 0 Å². The Morgan fingerprint density at radius 2 is 1.90 bits per heavy atom. The molecular formula is C14H11Br3N4. The van der Waals surface area contributed by atoms with E-state index in [2.05, 4.69) is 57.8 Å². The number of halogens is 3. The van der Waals surface area contributed by atoms with E-state index in [0.717, 1.165) is 24.8 Å². The highest BCUT2D eigenvalue weighted by molar-refractivity contribution is 9.11. The van der Waals surface area contributed by atoms with Gasteiger partial charge in [-0.15, -0.1) is 0 Å². The fourth-order valence-corrected chi connectivity index (χ4v) is 4.04. The Hall–Kier alpha value is -0.920. The quantitative estimate of drug-likeness (QED) is 0.708. The first kappa shape index (κ1) is 15.0. The van der Waals surface area contributed by atoms with Crippen molar-refractivity contribution < 1.29 is 0 Å². The number of hydrogen-bond donors (Lipinski definition) is 1. The van der Waals surface area contributed by atoms with E-state index in [4.69, 9.17) is 5.73 Å². The van der Waals surface area contributed by atoms with Crippen LogP contribution in [0.1, 0.15) is 11.7 Å². The number of benzene rings is 1. The van der Waals surface area contributed by atoms with Crippen molar-refractivity contribution in [2.75, 3.05) is 11.4 Å². The molecule has 0 amide bonds. The first-order chi connectivity index (χ1) is 10.1. The Kier molecular flexibility index (Phi) is 4.33. The van der Waals surface area contributed by atoms with Gasteiger partial charge in [-0.1, -0.05) is 12.1 Å². The van der Waals surface area contributed by atoms with Gasteiger partial charge < -0.3 is 10.6 Å². The van der Waals surface area contributed by atoms with Crippen molar-refractivity contribution >= 4 is 59.4 Å². The summed E-state index contributed by atoms with van der Waals surface area (Å²) in [6.07, 6.45) is 1.78. The van der Waals surface area contributed by atoms with Crippen molar-refractivity contribution in [2.24, 2.45) is 10.7 Å². The van der Waals surface area contributed by atoms with Gasteiger partial charge in [0.05, 0.1) is 24.0 Å². The molecule has 2 N–H and O–H groups in total. The van der Waals surface area contributed by atoms with Crippen LogP contribution in [-0.4, -0.2) is 17.5 Å². The first-order valence-corrected chi connectivity index (χ1v) is 8.60. The summed E-state index contributed by atoms with van der Waals surface area (Å²) in [5, 5.41) is 0. The fraction of sp³-hybridized carbons (Fsp3) is 0.143. The average Bonchev–Trinajstić information content (AvgIpc) is 2.81. The van der Waals surface area contributed by atoms with Gasteiger partial charge in [0.25, 0.3) is 0 Å². The van der Waals surface area contributed by atoms with Crippen molar-refractivity contribution in [1.29, 1.82) is 0 Å². The molecule has 0 bridgehead atoms. The van der Waals surface area contributed by atoms with Crippen molar-refractivity contribution in [3.63, 3.8) is 0 Å². The molecule has 0 saturated heterocycles. The second-order valence-corrected chi connectivity index (χ2v) is 7.18. The summed E-state index contributed by atoms with van der Waals surface area (Å²) < 4.78 is 2.84. The number of aromatic nitrogens is 1. The minimum atomic E-state index is -0.0221. The number of nitrogens with two attached hydrogens (primary N) is 1. The second-order valence-electron chi connectivity index (χ2n) is 4.56. The van der Waals surface area contributed by atoms with Gasteiger partial charge >= 0.3 is 0 Å². The largest absolute Gasteiger partial charge is 0.369 e. The zero-order valence-corrected chi connectivity index (χ0v) is 15.6. The van der Waals surface area contributed by atoms with Crippen molar-refractivity contribution in [3.05, 3.63) is 55.6 Å². The van der Waals surface area contributed by atoms with E-state index >= 15 is 0 Å². The fourth-order valence-electron chi connectivity index (χ4n) is 2.31. The molecule has 108 valence electrons. The molecule has 0 spiro atoms. The van der Waals surface area contributed by atoms with Gasteiger partial charge in [0.1, 0.15) is 0 Å². The summed E-state index contributed by atoms with van der Waals surface area (Å²) in [6, 6.07) is 9.91. The van der Waals surface area contributed by atoms with Gasteiger partial charge in [-0.25, -0.2) is 0 Å². The van der Waals surface area contributed by atoms with Gasteiger partial charge in [-0.05, 0) is 66.0 Å². The molecule has 4 nitrogen and oxygen atoms in total. The standard InChI is InChI=1S/C14H11Br3N4/c15-8-5-10(17)13(19-6-8)12-7-20-14(18)21(12)11-4-2-1-3-9(11)16/h1-6,12H,7H2,(H2,18,20). The zero-order valence-electron chi connectivity index (χ0n) is 10.8. The van der Waals surface area contributed by atoms with Crippen LogP contribution < -0.4 is 10.6 Å². The van der Waals surface area contributed by atoms with Gasteiger partial charge in [0, 0.05) is 19.6 Å². The van der Waals surface area contributed by atoms with E-state index in [1.165, 1.54) is 0 Å². The molecular weight excluding hydrogens is 464 g/mol. The molecule has 2 heterocycles. The van der Waals surface area contributed by atoms with E-state index in [-0.39, 0.29) is 6.04 Å². The number of para-hydroxylation sites is 1. The number of guanidine groups is 1. The molecule has 1 atom stereocenters. The first-order valence-electron chi connectivity index (χ1n) is 6.22. The summed E-state index contributed by atoms with van der Waals surface area (Å²) >= 11 is 10.6. The van der Waals surface area contributed by atoms with Gasteiger partial charge in [0.2, 0.25) is 0 Å². The third-order valence-electron chi connectivity index (χ3n) is 3.25. The minimum absolute atomic E-state index is 0.0221. The van der Waals surface area contributed by atoms with Crippen LogP contribution in [0.2, 0.25) is 0 Å². The number of nitrogens with zero attached hydrogens (tertiary/aromatic N) is 3. The molecule has 1 aliphatic rings. The van der Waals surface area contributed by atoms with Crippen LogP contribution in [0.3, 0.4) is 0 Å². The molecule has 7 heteroatoms. The van der Waals surface area contributed by atoms with E-state index in [0.29, 0.717) is 12.5 Å². The maximum Gasteiger partial charge on any atom is 0.196 e. The predicted molar refractivity (Wildman–Crippen MR) is 95.5 cm³/mol. The molecule has 0 aliphatic carbocycles. The van der Waals surface area contributed by atoms with Crippen LogP contribution in [0, 0.1) is 0 Å². The lowest BCUT2D eigenvalue weighted by Crippen LogP contribution is -2.36. The van der Waals surface area contributed by atoms with Crippen molar-refractivity contribution in [2.45, 2.75) is 6.04 Å². The summed E-state index contributed by atoms with van der Waals surface area (Å²) in [5.74, 6) is 0.503. The highest BCUT2D eigenvalue weighted by Crippen LogP contribution is 2.37. The third kappa shape index (κ3) is 2.86. The van der Waals surface area contributed by atoms with E-state index < -0.39 is 0 Å². The summed E-state index contributed by atoms with van der Waals surface area (Å²) in [4.78, 5) is 10.9. The topological polar surface area (TPSA) is 54.5 Å². The number of pyridine rings is 1. The number of anilines is 1. The zero-order chi connectivity index (χ0) is 15.0. The molecule has 1 aliphatic heterocycles. The Balaban J connectivity index is 2.05.